The van der Waals surface area contributed by atoms with Crippen molar-refractivity contribution in [2.24, 2.45) is 11.1 Å². The Balaban J connectivity index is 2.17. The Kier molecular flexibility index (Phi) is 5.18. The molecule has 3 N–H and O–H groups in total. The summed E-state index contributed by atoms with van der Waals surface area (Å²) in [5.74, 6) is 0.0308. The Labute approximate surface area is 97.3 Å². The first-order chi connectivity index (χ1) is 7.56. The van der Waals surface area contributed by atoms with Gasteiger partial charge >= 0.3 is 0 Å². The van der Waals surface area contributed by atoms with Crippen LogP contribution in [-0.4, -0.2) is 56.7 Å². The van der Waals surface area contributed by atoms with Gasteiger partial charge in [0.05, 0.1) is 18.6 Å². The molecule has 1 rings (SSSR count). The third kappa shape index (κ3) is 4.08. The molecule has 5 heteroatoms. The average molecular weight is 229 g/mol. The number of rotatable bonds is 5. The van der Waals surface area contributed by atoms with E-state index in [4.69, 9.17) is 10.5 Å². The molecule has 1 fully saturated rings. The number of nitrogens with zero attached hydrogens (tertiary/aromatic N) is 1. The number of hydrogen-bond acceptors (Lipinski definition) is 4. The second kappa shape index (κ2) is 6.18. The van der Waals surface area contributed by atoms with Gasteiger partial charge in [0.25, 0.3) is 0 Å². The molecule has 1 aliphatic heterocycles. The Morgan fingerprint density at radius 1 is 1.44 bits per heavy atom. The zero-order valence-electron chi connectivity index (χ0n) is 10.3. The number of carbonyl (C=O) groups excluding carboxylic acids is 1. The van der Waals surface area contributed by atoms with Crippen LogP contribution < -0.4 is 11.1 Å². The van der Waals surface area contributed by atoms with E-state index < -0.39 is 5.41 Å². The maximum absolute atomic E-state index is 11.7. The first-order valence-corrected chi connectivity index (χ1v) is 5.85. The summed E-state index contributed by atoms with van der Waals surface area (Å²) in [6.07, 6.45) is 0. The summed E-state index contributed by atoms with van der Waals surface area (Å²) in [4.78, 5) is 14.0. The molecule has 0 aromatic rings. The van der Waals surface area contributed by atoms with Crippen molar-refractivity contribution in [3.8, 4) is 0 Å². The number of amides is 1. The summed E-state index contributed by atoms with van der Waals surface area (Å²) in [6, 6.07) is 0. The fourth-order valence-electron chi connectivity index (χ4n) is 1.48. The molecular weight excluding hydrogens is 206 g/mol. The van der Waals surface area contributed by atoms with Crippen LogP contribution in [0.25, 0.3) is 0 Å². The van der Waals surface area contributed by atoms with Gasteiger partial charge in [0.15, 0.2) is 0 Å². The SMILES string of the molecule is CC(C)(CN)C(=O)NCCN1CCOCC1. The highest BCUT2D eigenvalue weighted by atomic mass is 16.5. The molecule has 0 aromatic carbocycles. The maximum Gasteiger partial charge on any atom is 0.226 e. The molecule has 0 saturated carbocycles. The van der Waals surface area contributed by atoms with Gasteiger partial charge in [0, 0.05) is 32.7 Å². The standard InChI is InChI=1S/C11H23N3O2/c1-11(2,9-12)10(15)13-3-4-14-5-7-16-8-6-14/h3-9,12H2,1-2H3,(H,13,15). The normalized spacial score (nSPS) is 18.4. The number of morpholine rings is 1. The number of hydrogen-bond donors (Lipinski definition) is 2. The van der Waals surface area contributed by atoms with Crippen molar-refractivity contribution in [2.45, 2.75) is 13.8 Å². The second-order valence-electron chi connectivity index (χ2n) is 4.80. The van der Waals surface area contributed by atoms with E-state index in [2.05, 4.69) is 10.2 Å². The van der Waals surface area contributed by atoms with Gasteiger partial charge in [-0.2, -0.15) is 0 Å². The molecular formula is C11H23N3O2. The summed E-state index contributed by atoms with van der Waals surface area (Å²) in [7, 11) is 0. The fraction of sp³-hybridized carbons (Fsp3) is 0.909. The van der Waals surface area contributed by atoms with Crippen LogP contribution in [0.2, 0.25) is 0 Å². The highest BCUT2D eigenvalue weighted by Gasteiger charge is 2.25. The molecule has 0 unspecified atom stereocenters. The average Bonchev–Trinajstić information content (AvgIpc) is 2.30. The Hall–Kier alpha value is -0.650. The predicted octanol–water partition coefficient (Wildman–Crippen LogP) is -0.580. The summed E-state index contributed by atoms with van der Waals surface area (Å²) < 4.78 is 5.25. The lowest BCUT2D eigenvalue weighted by Crippen LogP contribution is -2.46. The number of nitrogens with two attached hydrogens (primary N) is 1. The quantitative estimate of drug-likeness (QED) is 0.662. The number of nitrogens with one attached hydrogen (secondary N) is 1. The number of carbonyl (C=O) groups is 1. The minimum absolute atomic E-state index is 0.0308. The van der Waals surface area contributed by atoms with Crippen LogP contribution in [0.3, 0.4) is 0 Å². The van der Waals surface area contributed by atoms with Crippen molar-refractivity contribution in [2.75, 3.05) is 45.9 Å². The van der Waals surface area contributed by atoms with Crippen molar-refractivity contribution in [3.63, 3.8) is 0 Å². The lowest BCUT2D eigenvalue weighted by atomic mass is 9.93. The van der Waals surface area contributed by atoms with Crippen molar-refractivity contribution in [3.05, 3.63) is 0 Å². The Morgan fingerprint density at radius 3 is 2.62 bits per heavy atom. The zero-order valence-corrected chi connectivity index (χ0v) is 10.3. The first-order valence-electron chi connectivity index (χ1n) is 5.85. The topological polar surface area (TPSA) is 67.6 Å². The van der Waals surface area contributed by atoms with Gasteiger partial charge in [-0.25, -0.2) is 0 Å². The molecule has 16 heavy (non-hydrogen) atoms. The monoisotopic (exact) mass is 229 g/mol. The van der Waals surface area contributed by atoms with E-state index in [-0.39, 0.29) is 5.91 Å². The molecule has 1 saturated heterocycles. The highest BCUT2D eigenvalue weighted by Crippen LogP contribution is 2.11. The van der Waals surface area contributed by atoms with Crippen LogP contribution in [0.1, 0.15) is 13.8 Å². The van der Waals surface area contributed by atoms with Gasteiger partial charge in [0.2, 0.25) is 5.91 Å². The fourth-order valence-corrected chi connectivity index (χ4v) is 1.48. The predicted molar refractivity (Wildman–Crippen MR) is 63.1 cm³/mol. The molecule has 0 spiro atoms. The highest BCUT2D eigenvalue weighted by molar-refractivity contribution is 5.81. The minimum atomic E-state index is -0.467. The van der Waals surface area contributed by atoms with Crippen LogP contribution in [0.15, 0.2) is 0 Å². The lowest BCUT2D eigenvalue weighted by molar-refractivity contribution is -0.128. The largest absolute Gasteiger partial charge is 0.379 e. The van der Waals surface area contributed by atoms with Crippen molar-refractivity contribution >= 4 is 5.91 Å². The molecule has 0 atom stereocenters. The van der Waals surface area contributed by atoms with Gasteiger partial charge in [-0.05, 0) is 13.8 Å². The van der Waals surface area contributed by atoms with E-state index in [9.17, 15) is 4.79 Å². The molecule has 1 amide bonds. The molecule has 0 aromatic heterocycles. The van der Waals surface area contributed by atoms with E-state index in [0.29, 0.717) is 13.1 Å². The minimum Gasteiger partial charge on any atom is -0.379 e. The van der Waals surface area contributed by atoms with Crippen LogP contribution in [0.4, 0.5) is 0 Å². The van der Waals surface area contributed by atoms with Gasteiger partial charge in [-0.1, -0.05) is 0 Å². The zero-order chi connectivity index (χ0) is 12.0. The molecule has 0 radical (unpaired) electrons. The third-order valence-electron chi connectivity index (χ3n) is 2.94. The summed E-state index contributed by atoms with van der Waals surface area (Å²) in [6.45, 7) is 9.15. The molecule has 5 nitrogen and oxygen atoms in total. The van der Waals surface area contributed by atoms with Gasteiger partial charge in [-0.15, -0.1) is 0 Å². The summed E-state index contributed by atoms with van der Waals surface area (Å²) in [5, 5.41) is 2.92. The lowest BCUT2D eigenvalue weighted by Gasteiger charge is -2.27. The van der Waals surface area contributed by atoms with E-state index in [1.165, 1.54) is 0 Å². The molecule has 0 bridgehead atoms. The Bertz CT molecular complexity index is 225. The Morgan fingerprint density at radius 2 is 2.06 bits per heavy atom. The van der Waals surface area contributed by atoms with Crippen LogP contribution in [0, 0.1) is 5.41 Å². The first kappa shape index (κ1) is 13.4. The van der Waals surface area contributed by atoms with Crippen LogP contribution in [-0.2, 0) is 9.53 Å². The van der Waals surface area contributed by atoms with E-state index >= 15 is 0 Å². The molecule has 94 valence electrons. The van der Waals surface area contributed by atoms with Gasteiger partial charge in [0.1, 0.15) is 0 Å². The maximum atomic E-state index is 11.7. The summed E-state index contributed by atoms with van der Waals surface area (Å²) in [5.41, 5.74) is 5.07. The van der Waals surface area contributed by atoms with Crippen molar-refractivity contribution in [1.29, 1.82) is 0 Å². The van der Waals surface area contributed by atoms with Crippen LogP contribution in [0.5, 0.6) is 0 Å². The number of ether oxygens (including phenoxy) is 1. The van der Waals surface area contributed by atoms with Gasteiger partial charge < -0.3 is 15.8 Å². The van der Waals surface area contributed by atoms with E-state index in [0.717, 1.165) is 32.8 Å². The van der Waals surface area contributed by atoms with E-state index in [1.54, 1.807) is 0 Å². The van der Waals surface area contributed by atoms with Crippen molar-refractivity contribution < 1.29 is 9.53 Å². The smallest absolute Gasteiger partial charge is 0.226 e. The van der Waals surface area contributed by atoms with Crippen LogP contribution >= 0.6 is 0 Å². The third-order valence-corrected chi connectivity index (χ3v) is 2.94. The summed E-state index contributed by atoms with van der Waals surface area (Å²) >= 11 is 0. The molecule has 0 aliphatic carbocycles. The van der Waals surface area contributed by atoms with E-state index in [1.807, 2.05) is 13.8 Å². The molecule has 1 aliphatic rings. The molecule has 1 heterocycles. The second-order valence-corrected chi connectivity index (χ2v) is 4.80. The van der Waals surface area contributed by atoms with Gasteiger partial charge in [-0.3, -0.25) is 9.69 Å². The van der Waals surface area contributed by atoms with Crippen molar-refractivity contribution in [1.82, 2.24) is 10.2 Å².